The Bertz CT molecular complexity index is 898. The largest absolute Gasteiger partial charge is 0.375 e. The molecule has 0 aliphatic carbocycles. The SMILES string of the molecule is Cc1ccc(S(=O)(=O)NCc2sc(N)nc2-c2cccs2)cc1. The van der Waals surface area contributed by atoms with Gasteiger partial charge in [-0.25, -0.2) is 18.1 Å². The Kier molecular flexibility index (Phi) is 4.49. The van der Waals surface area contributed by atoms with Crippen LogP contribution in [0.1, 0.15) is 10.4 Å². The maximum atomic E-state index is 12.4. The maximum Gasteiger partial charge on any atom is 0.240 e. The zero-order valence-corrected chi connectivity index (χ0v) is 14.8. The van der Waals surface area contributed by atoms with Gasteiger partial charge in [0.1, 0.15) is 0 Å². The molecule has 1 aromatic carbocycles. The molecule has 0 saturated carbocycles. The lowest BCUT2D eigenvalue weighted by Crippen LogP contribution is -2.23. The Morgan fingerprint density at radius 3 is 2.61 bits per heavy atom. The number of nitrogens with two attached hydrogens (primary N) is 1. The first kappa shape index (κ1) is 16.1. The van der Waals surface area contributed by atoms with E-state index in [-0.39, 0.29) is 11.4 Å². The minimum atomic E-state index is -3.56. The van der Waals surface area contributed by atoms with Crippen molar-refractivity contribution in [1.29, 1.82) is 0 Å². The molecule has 8 heteroatoms. The van der Waals surface area contributed by atoms with Crippen LogP contribution in [-0.4, -0.2) is 13.4 Å². The average molecular weight is 366 g/mol. The summed E-state index contributed by atoms with van der Waals surface area (Å²) in [5, 5.41) is 2.38. The highest BCUT2D eigenvalue weighted by Gasteiger charge is 2.17. The van der Waals surface area contributed by atoms with E-state index in [1.165, 1.54) is 11.3 Å². The van der Waals surface area contributed by atoms with Crippen molar-refractivity contribution in [3.8, 4) is 10.6 Å². The van der Waals surface area contributed by atoms with E-state index in [0.29, 0.717) is 5.13 Å². The van der Waals surface area contributed by atoms with Gasteiger partial charge in [0, 0.05) is 6.54 Å². The van der Waals surface area contributed by atoms with Gasteiger partial charge in [-0.1, -0.05) is 23.8 Å². The van der Waals surface area contributed by atoms with Crippen molar-refractivity contribution >= 4 is 37.8 Å². The van der Waals surface area contributed by atoms with Gasteiger partial charge in [-0.15, -0.1) is 22.7 Å². The molecule has 0 radical (unpaired) electrons. The fourth-order valence-corrected chi connectivity index (χ4v) is 4.74. The minimum absolute atomic E-state index is 0.165. The molecule has 3 aromatic rings. The van der Waals surface area contributed by atoms with E-state index in [9.17, 15) is 8.42 Å². The molecule has 3 N–H and O–H groups in total. The van der Waals surface area contributed by atoms with E-state index in [0.717, 1.165) is 21.0 Å². The number of anilines is 1. The summed E-state index contributed by atoms with van der Waals surface area (Å²) < 4.78 is 27.4. The number of hydrogen-bond donors (Lipinski definition) is 2. The molecule has 0 unspecified atom stereocenters. The summed E-state index contributed by atoms with van der Waals surface area (Å²) in [6, 6.07) is 10.6. The molecule has 2 heterocycles. The number of nitrogens with one attached hydrogen (secondary N) is 1. The van der Waals surface area contributed by atoms with Crippen molar-refractivity contribution in [2.45, 2.75) is 18.4 Å². The Morgan fingerprint density at radius 2 is 1.96 bits per heavy atom. The zero-order chi connectivity index (χ0) is 16.4. The monoisotopic (exact) mass is 365 g/mol. The molecule has 2 aromatic heterocycles. The van der Waals surface area contributed by atoms with Gasteiger partial charge in [0.15, 0.2) is 5.13 Å². The predicted molar refractivity (Wildman–Crippen MR) is 95.0 cm³/mol. The maximum absolute atomic E-state index is 12.4. The fourth-order valence-electron chi connectivity index (χ4n) is 2.06. The number of thiazole rings is 1. The topological polar surface area (TPSA) is 85.1 Å². The highest BCUT2D eigenvalue weighted by Crippen LogP contribution is 2.32. The van der Waals surface area contributed by atoms with Crippen LogP contribution in [0.15, 0.2) is 46.7 Å². The number of sulfonamides is 1. The van der Waals surface area contributed by atoms with E-state index < -0.39 is 10.0 Å². The number of rotatable bonds is 5. The van der Waals surface area contributed by atoms with Crippen molar-refractivity contribution < 1.29 is 8.42 Å². The second kappa shape index (κ2) is 6.40. The van der Waals surface area contributed by atoms with E-state index in [1.54, 1.807) is 35.6 Å². The van der Waals surface area contributed by atoms with Crippen LogP contribution in [-0.2, 0) is 16.6 Å². The smallest absolute Gasteiger partial charge is 0.240 e. The van der Waals surface area contributed by atoms with Gasteiger partial charge in [0.2, 0.25) is 10.0 Å². The summed E-state index contributed by atoms with van der Waals surface area (Å²) in [5.74, 6) is 0. The Balaban J connectivity index is 1.82. The van der Waals surface area contributed by atoms with Crippen LogP contribution < -0.4 is 10.5 Å². The number of benzene rings is 1. The lowest BCUT2D eigenvalue weighted by atomic mass is 10.2. The van der Waals surface area contributed by atoms with E-state index in [1.807, 2.05) is 24.4 Å². The van der Waals surface area contributed by atoms with Crippen LogP contribution in [0.25, 0.3) is 10.6 Å². The number of aromatic nitrogens is 1. The molecule has 0 aliphatic heterocycles. The summed E-state index contributed by atoms with van der Waals surface area (Å²) in [6.45, 7) is 2.08. The van der Waals surface area contributed by atoms with Gasteiger partial charge in [0.05, 0.1) is 20.3 Å². The third kappa shape index (κ3) is 3.61. The number of hydrogen-bond acceptors (Lipinski definition) is 6. The number of nitrogen functional groups attached to an aromatic ring is 1. The van der Waals surface area contributed by atoms with Gasteiger partial charge in [-0.05, 0) is 30.5 Å². The molecule has 3 rings (SSSR count). The first-order valence-corrected chi connectivity index (χ1v) is 9.99. The van der Waals surface area contributed by atoms with Gasteiger partial charge in [-0.3, -0.25) is 0 Å². The molecule has 0 aliphatic rings. The fraction of sp³-hybridized carbons (Fsp3) is 0.133. The van der Waals surface area contributed by atoms with Gasteiger partial charge in [0.25, 0.3) is 0 Å². The van der Waals surface area contributed by atoms with E-state index in [2.05, 4.69) is 9.71 Å². The standard InChI is InChI=1S/C15H15N3O2S3/c1-10-4-6-11(7-5-10)23(19,20)17-9-13-14(18-15(16)22-13)12-3-2-8-21-12/h2-8,17H,9H2,1H3,(H2,16,18). The first-order chi connectivity index (χ1) is 11.0. The number of aryl methyl sites for hydroxylation is 1. The average Bonchev–Trinajstić information content (AvgIpc) is 3.14. The summed E-state index contributed by atoms with van der Waals surface area (Å²) in [4.78, 5) is 6.34. The first-order valence-electron chi connectivity index (χ1n) is 6.81. The molecule has 0 amide bonds. The van der Waals surface area contributed by atoms with Gasteiger partial charge >= 0.3 is 0 Å². The van der Waals surface area contributed by atoms with Crippen molar-refractivity contribution in [2.24, 2.45) is 0 Å². The molecule has 120 valence electrons. The molecular weight excluding hydrogens is 350 g/mol. The van der Waals surface area contributed by atoms with Crippen LogP contribution in [0.5, 0.6) is 0 Å². The summed E-state index contributed by atoms with van der Waals surface area (Å²) in [7, 11) is -3.56. The van der Waals surface area contributed by atoms with E-state index in [4.69, 9.17) is 5.73 Å². The third-order valence-corrected chi connectivity index (χ3v) is 6.40. The lowest BCUT2D eigenvalue weighted by molar-refractivity contribution is 0.582. The highest BCUT2D eigenvalue weighted by atomic mass is 32.2. The predicted octanol–water partition coefficient (Wildman–Crippen LogP) is 3.24. The van der Waals surface area contributed by atoms with Crippen molar-refractivity contribution in [2.75, 3.05) is 5.73 Å². The Morgan fingerprint density at radius 1 is 1.22 bits per heavy atom. The zero-order valence-electron chi connectivity index (χ0n) is 12.3. The molecule has 0 fully saturated rings. The Hall–Kier alpha value is -1.74. The van der Waals surface area contributed by atoms with Gasteiger partial charge < -0.3 is 5.73 Å². The van der Waals surface area contributed by atoms with Crippen molar-refractivity contribution in [1.82, 2.24) is 9.71 Å². The lowest BCUT2D eigenvalue weighted by Gasteiger charge is -2.06. The molecule has 0 bridgehead atoms. The van der Waals surface area contributed by atoms with Crippen LogP contribution in [0, 0.1) is 6.92 Å². The summed E-state index contributed by atoms with van der Waals surface area (Å²) in [6.07, 6.45) is 0. The third-order valence-electron chi connectivity index (χ3n) is 3.22. The minimum Gasteiger partial charge on any atom is -0.375 e. The van der Waals surface area contributed by atoms with Gasteiger partial charge in [-0.2, -0.15) is 0 Å². The summed E-state index contributed by atoms with van der Waals surface area (Å²) in [5.41, 5.74) is 7.55. The second-order valence-corrected chi connectivity index (χ2v) is 8.77. The Labute approximate surface area is 142 Å². The second-order valence-electron chi connectivity index (χ2n) is 4.94. The normalized spacial score (nSPS) is 11.7. The molecule has 5 nitrogen and oxygen atoms in total. The van der Waals surface area contributed by atoms with Crippen LogP contribution in [0.2, 0.25) is 0 Å². The molecule has 0 atom stereocenters. The number of thiophene rings is 1. The van der Waals surface area contributed by atoms with Crippen molar-refractivity contribution in [3.63, 3.8) is 0 Å². The summed E-state index contributed by atoms with van der Waals surface area (Å²) >= 11 is 2.84. The molecular formula is C15H15N3O2S3. The van der Waals surface area contributed by atoms with Crippen LogP contribution >= 0.6 is 22.7 Å². The van der Waals surface area contributed by atoms with Crippen molar-refractivity contribution in [3.05, 3.63) is 52.2 Å². The number of nitrogens with zero attached hydrogens (tertiary/aromatic N) is 1. The highest BCUT2D eigenvalue weighted by molar-refractivity contribution is 7.89. The quantitative estimate of drug-likeness (QED) is 0.727. The van der Waals surface area contributed by atoms with E-state index >= 15 is 0 Å². The molecule has 23 heavy (non-hydrogen) atoms. The van der Waals surface area contributed by atoms with Crippen LogP contribution in [0.4, 0.5) is 5.13 Å². The van der Waals surface area contributed by atoms with Crippen LogP contribution in [0.3, 0.4) is 0 Å². The molecule has 0 spiro atoms. The molecule has 0 saturated heterocycles.